The van der Waals surface area contributed by atoms with Crippen LogP contribution in [0, 0.1) is 6.92 Å². The Labute approximate surface area is 177 Å². The van der Waals surface area contributed by atoms with Gasteiger partial charge in [-0.15, -0.1) is 10.2 Å². The number of hydrogen-bond donors (Lipinski definition) is 1. The largest absolute Gasteiger partial charge is 0.493 e. The molecule has 0 aliphatic rings. The molecular weight excluding hydrogens is 417 g/mol. The zero-order valence-electron chi connectivity index (χ0n) is 15.0. The molecule has 0 fully saturated rings. The Bertz CT molecular complexity index is 1000. The van der Waals surface area contributed by atoms with Crippen LogP contribution in [0.2, 0.25) is 10.0 Å². The van der Waals surface area contributed by atoms with E-state index >= 15 is 0 Å². The number of nitrogens with zero attached hydrogens (tertiary/aromatic N) is 2. The smallest absolute Gasteiger partial charge is 0.250 e. The average Bonchev–Trinajstić information content (AvgIpc) is 3.08. The molecule has 0 saturated carbocycles. The van der Waals surface area contributed by atoms with E-state index in [1.165, 1.54) is 17.4 Å². The number of amides is 1. The summed E-state index contributed by atoms with van der Waals surface area (Å²) in [5.41, 5.74) is 1.85. The highest BCUT2D eigenvalue weighted by molar-refractivity contribution is 7.15. The molecule has 0 aliphatic carbocycles. The van der Waals surface area contributed by atoms with Crippen LogP contribution >= 0.6 is 34.5 Å². The third-order valence-electron chi connectivity index (χ3n) is 3.65. The summed E-state index contributed by atoms with van der Waals surface area (Å²) in [6.45, 7) is 2.50. The summed E-state index contributed by atoms with van der Waals surface area (Å²) in [6.07, 6.45) is 3.61. The molecule has 0 bridgehead atoms. The fourth-order valence-corrected chi connectivity index (χ4v) is 3.51. The Morgan fingerprint density at radius 3 is 2.86 bits per heavy atom. The molecule has 0 radical (unpaired) electrons. The van der Waals surface area contributed by atoms with Gasteiger partial charge in [0.05, 0.1) is 6.61 Å². The van der Waals surface area contributed by atoms with Crippen LogP contribution < -0.4 is 10.1 Å². The lowest BCUT2D eigenvalue weighted by Crippen LogP contribution is -2.07. The van der Waals surface area contributed by atoms with Crippen molar-refractivity contribution in [2.24, 2.45) is 0 Å². The quantitative estimate of drug-likeness (QED) is 0.504. The Morgan fingerprint density at radius 2 is 2.07 bits per heavy atom. The fraction of sp³-hybridized carbons (Fsp3) is 0.150. The minimum atomic E-state index is -0.315. The maximum absolute atomic E-state index is 12.1. The molecule has 8 heteroatoms. The molecule has 1 aromatic heterocycles. The number of carbonyl (C=O) groups is 1. The number of halogens is 2. The van der Waals surface area contributed by atoms with E-state index in [2.05, 4.69) is 15.5 Å². The van der Waals surface area contributed by atoms with E-state index in [4.69, 9.17) is 27.9 Å². The Hall–Kier alpha value is -2.41. The zero-order chi connectivity index (χ0) is 19.9. The van der Waals surface area contributed by atoms with Crippen LogP contribution in [0.4, 0.5) is 5.13 Å². The molecule has 0 aliphatic heterocycles. The van der Waals surface area contributed by atoms with Crippen molar-refractivity contribution in [3.8, 4) is 5.75 Å². The van der Waals surface area contributed by atoms with E-state index in [-0.39, 0.29) is 5.91 Å². The number of aryl methyl sites for hydroxylation is 1. The number of aromatic nitrogens is 2. The lowest BCUT2D eigenvalue weighted by atomic mass is 10.2. The number of ether oxygens (including phenoxy) is 1. The van der Waals surface area contributed by atoms with Crippen molar-refractivity contribution in [1.29, 1.82) is 0 Å². The molecule has 0 unspecified atom stereocenters. The van der Waals surface area contributed by atoms with Gasteiger partial charge in [0.1, 0.15) is 10.8 Å². The van der Waals surface area contributed by atoms with E-state index in [9.17, 15) is 4.79 Å². The topological polar surface area (TPSA) is 64.1 Å². The van der Waals surface area contributed by atoms with Crippen LogP contribution in [-0.2, 0) is 11.2 Å². The van der Waals surface area contributed by atoms with Crippen molar-refractivity contribution in [2.45, 2.75) is 13.3 Å². The van der Waals surface area contributed by atoms with Gasteiger partial charge in [0.2, 0.25) is 11.0 Å². The van der Waals surface area contributed by atoms with Crippen LogP contribution in [0.1, 0.15) is 16.1 Å². The van der Waals surface area contributed by atoms with Gasteiger partial charge in [0.25, 0.3) is 0 Å². The molecule has 3 rings (SSSR count). The van der Waals surface area contributed by atoms with Gasteiger partial charge in [0.15, 0.2) is 0 Å². The molecule has 1 heterocycles. The van der Waals surface area contributed by atoms with E-state index in [0.717, 1.165) is 16.3 Å². The van der Waals surface area contributed by atoms with Gasteiger partial charge in [-0.1, -0.05) is 52.7 Å². The van der Waals surface area contributed by atoms with Gasteiger partial charge in [-0.05, 0) is 48.4 Å². The van der Waals surface area contributed by atoms with Crippen molar-refractivity contribution < 1.29 is 9.53 Å². The van der Waals surface area contributed by atoms with Gasteiger partial charge in [0, 0.05) is 22.5 Å². The molecular formula is C20H17Cl2N3O2S. The summed E-state index contributed by atoms with van der Waals surface area (Å²) in [4.78, 5) is 12.1. The summed E-state index contributed by atoms with van der Waals surface area (Å²) in [6, 6.07) is 12.9. The van der Waals surface area contributed by atoms with Crippen LogP contribution in [0.5, 0.6) is 5.75 Å². The normalized spacial score (nSPS) is 11.0. The molecule has 0 spiro atoms. The van der Waals surface area contributed by atoms with Crippen LogP contribution in [-0.4, -0.2) is 22.7 Å². The minimum Gasteiger partial charge on any atom is -0.493 e. The molecule has 0 saturated heterocycles. The maximum Gasteiger partial charge on any atom is 0.250 e. The van der Waals surface area contributed by atoms with E-state index < -0.39 is 0 Å². The highest BCUT2D eigenvalue weighted by Gasteiger charge is 2.07. The van der Waals surface area contributed by atoms with Crippen molar-refractivity contribution in [3.63, 3.8) is 0 Å². The predicted molar refractivity (Wildman–Crippen MR) is 114 cm³/mol. The van der Waals surface area contributed by atoms with E-state index in [1.54, 1.807) is 24.3 Å². The summed E-state index contributed by atoms with van der Waals surface area (Å²) in [7, 11) is 0. The lowest BCUT2D eigenvalue weighted by molar-refractivity contribution is -0.111. The molecule has 28 heavy (non-hydrogen) atoms. The highest BCUT2D eigenvalue weighted by atomic mass is 35.5. The van der Waals surface area contributed by atoms with Crippen LogP contribution in [0.25, 0.3) is 6.08 Å². The number of nitrogens with one attached hydrogen (secondary N) is 1. The highest BCUT2D eigenvalue weighted by Crippen LogP contribution is 2.22. The third-order valence-corrected chi connectivity index (χ3v) is 5.11. The molecule has 2 aromatic carbocycles. The molecule has 144 valence electrons. The number of rotatable bonds is 7. The van der Waals surface area contributed by atoms with Crippen molar-refractivity contribution >= 4 is 51.7 Å². The second kappa shape index (κ2) is 9.68. The van der Waals surface area contributed by atoms with Crippen molar-refractivity contribution in [3.05, 3.63) is 74.7 Å². The molecule has 1 N–H and O–H groups in total. The number of hydrogen-bond acceptors (Lipinski definition) is 5. The standard InChI is InChI=1S/C20H17Cl2N3O2S/c1-13-3-2-4-16(11-13)27-10-9-19-24-25-20(28-19)23-18(26)8-6-14-5-7-15(21)12-17(14)22/h2-8,11-12H,9-10H2,1H3,(H,23,25,26)/b8-6+. The first-order valence-corrected chi connectivity index (χ1v) is 10.0. The van der Waals surface area contributed by atoms with E-state index in [1.807, 2.05) is 31.2 Å². The number of benzene rings is 2. The van der Waals surface area contributed by atoms with Gasteiger partial charge in [-0.25, -0.2) is 0 Å². The number of carbonyl (C=O) groups excluding carboxylic acids is 1. The number of anilines is 1. The first-order valence-electron chi connectivity index (χ1n) is 8.45. The second-order valence-electron chi connectivity index (χ2n) is 5.90. The summed E-state index contributed by atoms with van der Waals surface area (Å²) >= 11 is 13.2. The molecule has 5 nitrogen and oxygen atoms in total. The van der Waals surface area contributed by atoms with Gasteiger partial charge >= 0.3 is 0 Å². The SMILES string of the molecule is Cc1cccc(OCCc2nnc(NC(=O)/C=C/c3ccc(Cl)cc3Cl)s2)c1. The third kappa shape index (κ3) is 6.05. The van der Waals surface area contributed by atoms with Gasteiger partial charge < -0.3 is 4.74 Å². The minimum absolute atomic E-state index is 0.315. The van der Waals surface area contributed by atoms with Gasteiger partial charge in [-0.3, -0.25) is 10.1 Å². The second-order valence-corrected chi connectivity index (χ2v) is 7.81. The van der Waals surface area contributed by atoms with Crippen molar-refractivity contribution in [2.75, 3.05) is 11.9 Å². The predicted octanol–water partition coefficient (Wildman–Crippen LogP) is 5.43. The first-order chi connectivity index (χ1) is 13.5. The van der Waals surface area contributed by atoms with Crippen LogP contribution in [0.3, 0.4) is 0 Å². The first kappa shape index (κ1) is 20.3. The monoisotopic (exact) mass is 433 g/mol. The average molecular weight is 434 g/mol. The molecule has 3 aromatic rings. The maximum atomic E-state index is 12.1. The Kier molecular flexibility index (Phi) is 7.03. The zero-order valence-corrected chi connectivity index (χ0v) is 17.3. The van der Waals surface area contributed by atoms with Crippen molar-refractivity contribution in [1.82, 2.24) is 10.2 Å². The van der Waals surface area contributed by atoms with Crippen LogP contribution in [0.15, 0.2) is 48.5 Å². The fourth-order valence-electron chi connectivity index (χ4n) is 2.32. The Balaban J connectivity index is 1.49. The summed E-state index contributed by atoms with van der Waals surface area (Å²) in [5.74, 6) is 0.508. The summed E-state index contributed by atoms with van der Waals surface area (Å²) < 4.78 is 5.71. The lowest BCUT2D eigenvalue weighted by Gasteiger charge is -2.04. The Morgan fingerprint density at radius 1 is 1.21 bits per heavy atom. The summed E-state index contributed by atoms with van der Waals surface area (Å²) in [5, 5.41) is 13.0. The molecule has 0 atom stereocenters. The molecule has 1 amide bonds. The van der Waals surface area contributed by atoms with Gasteiger partial charge in [-0.2, -0.15) is 0 Å². The van der Waals surface area contributed by atoms with E-state index in [0.29, 0.717) is 33.8 Å².